The molecule has 7 heteroatoms. The fourth-order valence-electron chi connectivity index (χ4n) is 2.40. The molecule has 0 aliphatic rings. The van der Waals surface area contributed by atoms with Crippen LogP contribution in [0.2, 0.25) is 0 Å². The SMILES string of the molecule is Cc1cccn2cc(CC(=O)Nc3ccc(C(F)(F)F)cc3)nc12. The standard InChI is InChI=1S/C17H14F3N3O/c1-11-3-2-8-23-10-14(22-16(11)23)9-15(24)21-13-6-4-12(5-7-13)17(18,19)20/h2-8,10H,9H2,1H3,(H,21,24). The summed E-state index contributed by atoms with van der Waals surface area (Å²) in [6.07, 6.45) is -0.750. The lowest BCUT2D eigenvalue weighted by atomic mass is 10.2. The van der Waals surface area contributed by atoms with Crippen molar-refractivity contribution in [1.82, 2.24) is 9.38 Å². The molecule has 0 atom stereocenters. The van der Waals surface area contributed by atoms with E-state index in [0.717, 1.165) is 23.3 Å². The average molecular weight is 333 g/mol. The molecule has 0 aliphatic carbocycles. The van der Waals surface area contributed by atoms with E-state index in [-0.39, 0.29) is 12.3 Å². The van der Waals surface area contributed by atoms with Crippen LogP contribution in [0, 0.1) is 6.92 Å². The third-order valence-corrected chi connectivity index (χ3v) is 3.57. The van der Waals surface area contributed by atoms with Crippen molar-refractivity contribution in [1.29, 1.82) is 0 Å². The van der Waals surface area contributed by atoms with Crippen LogP contribution < -0.4 is 5.32 Å². The maximum Gasteiger partial charge on any atom is 0.416 e. The number of anilines is 1. The predicted octanol–water partition coefficient (Wildman–Crippen LogP) is 3.84. The molecule has 0 unspecified atom stereocenters. The number of fused-ring (bicyclic) bond motifs is 1. The predicted molar refractivity (Wildman–Crippen MR) is 83.7 cm³/mol. The van der Waals surface area contributed by atoms with Crippen LogP contribution in [0.1, 0.15) is 16.8 Å². The van der Waals surface area contributed by atoms with Gasteiger partial charge in [0, 0.05) is 18.1 Å². The molecule has 0 saturated carbocycles. The second-order valence-electron chi connectivity index (χ2n) is 5.45. The van der Waals surface area contributed by atoms with Crippen LogP contribution in [0.15, 0.2) is 48.8 Å². The van der Waals surface area contributed by atoms with Gasteiger partial charge in [-0.1, -0.05) is 6.07 Å². The third-order valence-electron chi connectivity index (χ3n) is 3.57. The van der Waals surface area contributed by atoms with Crippen LogP contribution >= 0.6 is 0 Å². The minimum Gasteiger partial charge on any atom is -0.326 e. The number of hydrogen-bond donors (Lipinski definition) is 1. The highest BCUT2D eigenvalue weighted by Gasteiger charge is 2.29. The van der Waals surface area contributed by atoms with Crippen LogP contribution in [-0.4, -0.2) is 15.3 Å². The fraction of sp³-hybridized carbons (Fsp3) is 0.176. The Morgan fingerprint density at radius 3 is 2.54 bits per heavy atom. The van der Waals surface area contributed by atoms with Crippen LogP contribution in [0.5, 0.6) is 0 Å². The Kier molecular flexibility index (Phi) is 4.01. The van der Waals surface area contributed by atoms with E-state index >= 15 is 0 Å². The first-order chi connectivity index (χ1) is 11.3. The molecule has 2 heterocycles. The Morgan fingerprint density at radius 2 is 1.92 bits per heavy atom. The summed E-state index contributed by atoms with van der Waals surface area (Å²) in [7, 11) is 0. The van der Waals surface area contributed by atoms with Crippen molar-refractivity contribution in [2.75, 3.05) is 5.32 Å². The monoisotopic (exact) mass is 333 g/mol. The van der Waals surface area contributed by atoms with Gasteiger partial charge in [-0.05, 0) is 42.8 Å². The largest absolute Gasteiger partial charge is 0.416 e. The van der Waals surface area contributed by atoms with Gasteiger partial charge in [-0.15, -0.1) is 0 Å². The number of amides is 1. The lowest BCUT2D eigenvalue weighted by molar-refractivity contribution is -0.137. The first-order valence-electron chi connectivity index (χ1n) is 7.23. The number of nitrogens with zero attached hydrogens (tertiary/aromatic N) is 2. The smallest absolute Gasteiger partial charge is 0.326 e. The van der Waals surface area contributed by atoms with E-state index in [9.17, 15) is 18.0 Å². The minimum atomic E-state index is -4.39. The number of aromatic nitrogens is 2. The molecule has 3 aromatic rings. The van der Waals surface area contributed by atoms with Gasteiger partial charge in [-0.25, -0.2) is 4.98 Å². The molecule has 0 bridgehead atoms. The minimum absolute atomic E-state index is 0.0438. The van der Waals surface area contributed by atoms with Crippen molar-refractivity contribution < 1.29 is 18.0 Å². The number of halogens is 3. The molecule has 2 aromatic heterocycles. The molecule has 0 saturated heterocycles. The van der Waals surface area contributed by atoms with Gasteiger partial charge < -0.3 is 9.72 Å². The summed E-state index contributed by atoms with van der Waals surface area (Å²) in [5.41, 5.74) is 1.92. The van der Waals surface area contributed by atoms with Gasteiger partial charge in [0.2, 0.25) is 5.91 Å². The zero-order valence-corrected chi connectivity index (χ0v) is 12.8. The van der Waals surface area contributed by atoms with Crippen LogP contribution in [0.25, 0.3) is 5.65 Å². The highest BCUT2D eigenvalue weighted by Crippen LogP contribution is 2.29. The Balaban J connectivity index is 1.69. The zero-order chi connectivity index (χ0) is 17.3. The molecule has 0 radical (unpaired) electrons. The fourth-order valence-corrected chi connectivity index (χ4v) is 2.40. The van der Waals surface area contributed by atoms with Gasteiger partial charge in [0.15, 0.2) is 0 Å². The van der Waals surface area contributed by atoms with E-state index < -0.39 is 11.7 Å². The maximum absolute atomic E-state index is 12.5. The molecule has 0 aliphatic heterocycles. The van der Waals surface area contributed by atoms with Crippen molar-refractivity contribution in [3.05, 3.63) is 65.6 Å². The first kappa shape index (κ1) is 16.0. The molecule has 0 spiro atoms. The normalized spacial score (nSPS) is 11.7. The molecule has 1 N–H and O–H groups in total. The molecule has 1 amide bonds. The van der Waals surface area contributed by atoms with Gasteiger partial charge in [0.25, 0.3) is 0 Å². The number of imidazole rings is 1. The lowest BCUT2D eigenvalue weighted by Gasteiger charge is -2.08. The summed E-state index contributed by atoms with van der Waals surface area (Å²) in [5.74, 6) is -0.337. The number of pyridine rings is 1. The maximum atomic E-state index is 12.5. The Labute approximate surface area is 135 Å². The third kappa shape index (κ3) is 3.40. The Morgan fingerprint density at radius 1 is 1.21 bits per heavy atom. The number of hydrogen-bond acceptors (Lipinski definition) is 2. The van der Waals surface area contributed by atoms with Crippen molar-refractivity contribution >= 4 is 17.2 Å². The van der Waals surface area contributed by atoms with Crippen molar-refractivity contribution in [2.45, 2.75) is 19.5 Å². The van der Waals surface area contributed by atoms with Gasteiger partial charge in [-0.2, -0.15) is 13.2 Å². The summed E-state index contributed by atoms with van der Waals surface area (Å²) < 4.78 is 39.3. The Bertz CT molecular complexity index is 882. The average Bonchev–Trinajstić information content (AvgIpc) is 2.90. The molecular weight excluding hydrogens is 319 g/mol. The highest BCUT2D eigenvalue weighted by atomic mass is 19.4. The summed E-state index contributed by atoms with van der Waals surface area (Å²) in [6, 6.07) is 8.14. The second kappa shape index (κ2) is 5.99. The van der Waals surface area contributed by atoms with Crippen LogP contribution in [0.3, 0.4) is 0 Å². The number of nitrogens with one attached hydrogen (secondary N) is 1. The molecule has 3 rings (SSSR count). The second-order valence-corrected chi connectivity index (χ2v) is 5.45. The molecule has 24 heavy (non-hydrogen) atoms. The highest BCUT2D eigenvalue weighted by molar-refractivity contribution is 5.92. The summed E-state index contributed by atoms with van der Waals surface area (Å²) in [4.78, 5) is 16.4. The van der Waals surface area contributed by atoms with E-state index in [2.05, 4.69) is 10.3 Å². The lowest BCUT2D eigenvalue weighted by Crippen LogP contribution is -2.15. The van der Waals surface area contributed by atoms with E-state index in [4.69, 9.17) is 0 Å². The van der Waals surface area contributed by atoms with Crippen molar-refractivity contribution in [3.8, 4) is 0 Å². The summed E-state index contributed by atoms with van der Waals surface area (Å²) in [5, 5.41) is 2.57. The number of alkyl halides is 3. The summed E-state index contributed by atoms with van der Waals surface area (Å²) >= 11 is 0. The summed E-state index contributed by atoms with van der Waals surface area (Å²) in [6.45, 7) is 1.92. The molecule has 124 valence electrons. The van der Waals surface area contributed by atoms with Crippen LogP contribution in [0.4, 0.5) is 18.9 Å². The van der Waals surface area contributed by atoms with E-state index in [0.29, 0.717) is 11.4 Å². The molecular formula is C17H14F3N3O. The number of carbonyl (C=O) groups excluding carboxylic acids is 1. The van der Waals surface area contributed by atoms with Gasteiger partial charge in [0.1, 0.15) is 5.65 Å². The molecule has 0 fully saturated rings. The number of benzene rings is 1. The van der Waals surface area contributed by atoms with E-state index in [1.165, 1.54) is 12.1 Å². The topological polar surface area (TPSA) is 46.4 Å². The number of aryl methyl sites for hydroxylation is 1. The zero-order valence-electron chi connectivity index (χ0n) is 12.8. The van der Waals surface area contributed by atoms with Crippen LogP contribution in [-0.2, 0) is 17.4 Å². The van der Waals surface area contributed by atoms with E-state index in [1.807, 2.05) is 29.7 Å². The van der Waals surface area contributed by atoms with E-state index in [1.54, 1.807) is 6.20 Å². The number of rotatable bonds is 3. The first-order valence-corrected chi connectivity index (χ1v) is 7.23. The number of carbonyl (C=O) groups is 1. The van der Waals surface area contributed by atoms with Crippen molar-refractivity contribution in [3.63, 3.8) is 0 Å². The molecule has 4 nitrogen and oxygen atoms in total. The van der Waals surface area contributed by atoms with Gasteiger partial charge in [-0.3, -0.25) is 4.79 Å². The molecule has 1 aromatic carbocycles. The van der Waals surface area contributed by atoms with Crippen molar-refractivity contribution in [2.24, 2.45) is 0 Å². The van der Waals surface area contributed by atoms with Gasteiger partial charge >= 0.3 is 6.18 Å². The van der Waals surface area contributed by atoms with Gasteiger partial charge in [0.05, 0.1) is 17.7 Å². The quantitative estimate of drug-likeness (QED) is 0.791. The Hall–Kier alpha value is -2.83.